The molecule has 1 aromatic carbocycles. The van der Waals surface area contributed by atoms with Crippen molar-refractivity contribution in [1.82, 2.24) is 4.90 Å². The van der Waals surface area contributed by atoms with Gasteiger partial charge in [0.1, 0.15) is 0 Å². The Morgan fingerprint density at radius 1 is 1.23 bits per heavy atom. The molecule has 1 rings (SSSR count). The molecular formula is C17H27NO4. The first-order valence-electron chi connectivity index (χ1n) is 7.52. The smallest absolute Gasteiger partial charge is 0.260 e. The van der Waals surface area contributed by atoms with Crippen LogP contribution in [0.5, 0.6) is 11.5 Å². The SMILES string of the molecule is COCCN(CC(C)C)C(=O)COc1ccc(C)cc1OC. The summed E-state index contributed by atoms with van der Waals surface area (Å²) in [4.78, 5) is 14.1. The number of hydrogen-bond acceptors (Lipinski definition) is 4. The quantitative estimate of drug-likeness (QED) is 0.703. The van der Waals surface area contributed by atoms with E-state index in [0.29, 0.717) is 37.1 Å². The fourth-order valence-electron chi connectivity index (χ4n) is 2.08. The van der Waals surface area contributed by atoms with Crippen LogP contribution < -0.4 is 9.47 Å². The van der Waals surface area contributed by atoms with Gasteiger partial charge in [0.05, 0.1) is 13.7 Å². The third-order valence-corrected chi connectivity index (χ3v) is 3.17. The minimum atomic E-state index is -0.0478. The largest absolute Gasteiger partial charge is 0.493 e. The first-order chi connectivity index (χ1) is 10.5. The highest BCUT2D eigenvalue weighted by Gasteiger charge is 2.16. The standard InChI is InChI=1S/C17H27NO4/c1-13(2)11-18(8-9-20-4)17(19)12-22-15-7-6-14(3)10-16(15)21-5/h6-7,10,13H,8-9,11-12H2,1-5H3. The zero-order valence-corrected chi connectivity index (χ0v) is 14.2. The Bertz CT molecular complexity index is 474. The second-order valence-corrected chi connectivity index (χ2v) is 5.67. The summed E-state index contributed by atoms with van der Waals surface area (Å²) in [7, 11) is 3.22. The van der Waals surface area contributed by atoms with Gasteiger partial charge >= 0.3 is 0 Å². The zero-order valence-electron chi connectivity index (χ0n) is 14.2. The molecular weight excluding hydrogens is 282 g/mol. The molecule has 124 valence electrons. The van der Waals surface area contributed by atoms with Crippen LogP contribution in [0.3, 0.4) is 0 Å². The number of carbonyl (C=O) groups is 1. The first kappa shape index (κ1) is 18.3. The monoisotopic (exact) mass is 309 g/mol. The van der Waals surface area contributed by atoms with Gasteiger partial charge in [0, 0.05) is 20.2 Å². The summed E-state index contributed by atoms with van der Waals surface area (Å²) in [6, 6.07) is 5.64. The Kier molecular flexibility index (Phi) is 7.74. The van der Waals surface area contributed by atoms with Crippen LogP contribution in [0.25, 0.3) is 0 Å². The summed E-state index contributed by atoms with van der Waals surface area (Å²) in [5.74, 6) is 1.57. The number of methoxy groups -OCH3 is 2. The highest BCUT2D eigenvalue weighted by Crippen LogP contribution is 2.27. The van der Waals surface area contributed by atoms with E-state index in [1.165, 1.54) is 0 Å². The van der Waals surface area contributed by atoms with Crippen LogP contribution in [0.1, 0.15) is 19.4 Å². The van der Waals surface area contributed by atoms with Crippen LogP contribution in [0, 0.1) is 12.8 Å². The van der Waals surface area contributed by atoms with Crippen molar-refractivity contribution >= 4 is 5.91 Å². The summed E-state index contributed by atoms with van der Waals surface area (Å²) in [5, 5.41) is 0. The van der Waals surface area contributed by atoms with E-state index in [2.05, 4.69) is 13.8 Å². The van der Waals surface area contributed by atoms with Gasteiger partial charge in [-0.1, -0.05) is 19.9 Å². The third kappa shape index (κ3) is 5.93. The fraction of sp³-hybridized carbons (Fsp3) is 0.588. The average Bonchev–Trinajstić information content (AvgIpc) is 2.49. The van der Waals surface area contributed by atoms with Crippen molar-refractivity contribution in [1.29, 1.82) is 0 Å². The molecule has 0 heterocycles. The molecule has 5 nitrogen and oxygen atoms in total. The lowest BCUT2D eigenvalue weighted by atomic mass is 10.2. The summed E-state index contributed by atoms with van der Waals surface area (Å²) in [6.45, 7) is 7.92. The van der Waals surface area contributed by atoms with Crippen LogP contribution >= 0.6 is 0 Å². The Morgan fingerprint density at radius 2 is 1.95 bits per heavy atom. The fourth-order valence-corrected chi connectivity index (χ4v) is 2.08. The van der Waals surface area contributed by atoms with Crippen LogP contribution in [0.2, 0.25) is 0 Å². The molecule has 0 aromatic heterocycles. The lowest BCUT2D eigenvalue weighted by molar-refractivity contribution is -0.134. The van der Waals surface area contributed by atoms with Gasteiger partial charge in [-0.3, -0.25) is 4.79 Å². The van der Waals surface area contributed by atoms with Gasteiger partial charge in [0.15, 0.2) is 18.1 Å². The number of ether oxygens (including phenoxy) is 3. The Hall–Kier alpha value is -1.75. The van der Waals surface area contributed by atoms with Crippen LogP contribution in [-0.4, -0.2) is 51.3 Å². The van der Waals surface area contributed by atoms with Crippen molar-refractivity contribution in [3.05, 3.63) is 23.8 Å². The number of nitrogens with zero attached hydrogens (tertiary/aromatic N) is 1. The van der Waals surface area contributed by atoms with Gasteiger partial charge in [-0.15, -0.1) is 0 Å². The summed E-state index contributed by atoms with van der Waals surface area (Å²) >= 11 is 0. The Balaban J connectivity index is 2.65. The number of aryl methyl sites for hydroxylation is 1. The Labute approximate surface area is 133 Å². The summed E-state index contributed by atoms with van der Waals surface area (Å²) in [6.07, 6.45) is 0. The molecule has 0 unspecified atom stereocenters. The van der Waals surface area contributed by atoms with Gasteiger partial charge in [0.25, 0.3) is 5.91 Å². The van der Waals surface area contributed by atoms with E-state index in [-0.39, 0.29) is 12.5 Å². The molecule has 0 N–H and O–H groups in total. The minimum absolute atomic E-state index is 0.00411. The van der Waals surface area contributed by atoms with Gasteiger partial charge in [-0.2, -0.15) is 0 Å². The molecule has 0 aliphatic rings. The van der Waals surface area contributed by atoms with Crippen LogP contribution in [0.4, 0.5) is 0 Å². The number of rotatable bonds is 9. The predicted molar refractivity (Wildman–Crippen MR) is 86.5 cm³/mol. The lowest BCUT2D eigenvalue weighted by Gasteiger charge is -2.24. The first-order valence-corrected chi connectivity index (χ1v) is 7.52. The molecule has 0 fully saturated rings. The predicted octanol–water partition coefficient (Wildman–Crippen LogP) is 2.51. The maximum atomic E-state index is 12.3. The highest BCUT2D eigenvalue weighted by molar-refractivity contribution is 5.77. The van der Waals surface area contributed by atoms with E-state index in [9.17, 15) is 4.79 Å². The van der Waals surface area contributed by atoms with Gasteiger partial charge in [0.2, 0.25) is 0 Å². The molecule has 0 radical (unpaired) electrons. The van der Waals surface area contributed by atoms with E-state index in [0.717, 1.165) is 5.56 Å². The topological polar surface area (TPSA) is 48.0 Å². The maximum absolute atomic E-state index is 12.3. The average molecular weight is 309 g/mol. The van der Waals surface area contributed by atoms with Crippen molar-refractivity contribution in [2.75, 3.05) is 40.5 Å². The number of carbonyl (C=O) groups excluding carboxylic acids is 1. The summed E-state index contributed by atoms with van der Waals surface area (Å²) in [5.41, 5.74) is 1.08. The number of benzene rings is 1. The third-order valence-electron chi connectivity index (χ3n) is 3.17. The van der Waals surface area contributed by atoms with Crippen LogP contribution in [-0.2, 0) is 9.53 Å². The molecule has 0 aliphatic carbocycles. The Morgan fingerprint density at radius 3 is 2.55 bits per heavy atom. The summed E-state index contributed by atoms with van der Waals surface area (Å²) < 4.78 is 16.0. The molecule has 1 amide bonds. The second kappa shape index (κ2) is 9.30. The highest BCUT2D eigenvalue weighted by atomic mass is 16.5. The molecule has 22 heavy (non-hydrogen) atoms. The lowest BCUT2D eigenvalue weighted by Crippen LogP contribution is -2.39. The van der Waals surface area contributed by atoms with Crippen molar-refractivity contribution in [2.24, 2.45) is 5.92 Å². The zero-order chi connectivity index (χ0) is 16.5. The van der Waals surface area contributed by atoms with E-state index in [1.54, 1.807) is 19.1 Å². The van der Waals surface area contributed by atoms with Crippen LogP contribution in [0.15, 0.2) is 18.2 Å². The molecule has 5 heteroatoms. The van der Waals surface area contributed by atoms with Gasteiger partial charge in [-0.05, 0) is 30.5 Å². The van der Waals surface area contributed by atoms with Crippen molar-refractivity contribution in [2.45, 2.75) is 20.8 Å². The van der Waals surface area contributed by atoms with E-state index < -0.39 is 0 Å². The molecule has 0 aliphatic heterocycles. The normalized spacial score (nSPS) is 10.6. The second-order valence-electron chi connectivity index (χ2n) is 5.67. The van der Waals surface area contributed by atoms with E-state index in [4.69, 9.17) is 14.2 Å². The van der Waals surface area contributed by atoms with E-state index in [1.807, 2.05) is 25.1 Å². The maximum Gasteiger partial charge on any atom is 0.260 e. The number of hydrogen-bond donors (Lipinski definition) is 0. The van der Waals surface area contributed by atoms with Crippen molar-refractivity contribution < 1.29 is 19.0 Å². The molecule has 0 atom stereocenters. The molecule has 0 saturated heterocycles. The minimum Gasteiger partial charge on any atom is -0.493 e. The molecule has 0 spiro atoms. The molecule has 1 aromatic rings. The molecule has 0 saturated carbocycles. The number of amides is 1. The van der Waals surface area contributed by atoms with Crippen molar-refractivity contribution in [3.63, 3.8) is 0 Å². The van der Waals surface area contributed by atoms with E-state index >= 15 is 0 Å². The van der Waals surface area contributed by atoms with Gasteiger partial charge in [-0.25, -0.2) is 0 Å². The molecule has 0 bridgehead atoms. The van der Waals surface area contributed by atoms with Crippen molar-refractivity contribution in [3.8, 4) is 11.5 Å². The van der Waals surface area contributed by atoms with Gasteiger partial charge < -0.3 is 19.1 Å².